The molecule has 35 heavy (non-hydrogen) atoms. The molecule has 9 nitrogen and oxygen atoms in total. The standard InChI is InChI=1S/C26H25N5O4/c1-26(2,35)21-7-6-17(12-27-21)19-11-20-22(24(32)30(3)14-28-20)23(29-19)31-9-8-15-4-5-16(25(33)34)10-18(15)13-31/h4-7,10-12,14,35H,8-9,13H2,1-3H3,(H,33,34). The Morgan fingerprint density at radius 3 is 2.57 bits per heavy atom. The zero-order valence-corrected chi connectivity index (χ0v) is 19.7. The lowest BCUT2D eigenvalue weighted by atomic mass is 9.97. The summed E-state index contributed by atoms with van der Waals surface area (Å²) in [6.07, 6.45) is 3.83. The van der Waals surface area contributed by atoms with Crippen molar-refractivity contribution in [3.63, 3.8) is 0 Å². The summed E-state index contributed by atoms with van der Waals surface area (Å²) >= 11 is 0. The van der Waals surface area contributed by atoms with Gasteiger partial charge in [0.05, 0.1) is 28.8 Å². The van der Waals surface area contributed by atoms with Crippen LogP contribution in [-0.2, 0) is 25.6 Å². The smallest absolute Gasteiger partial charge is 0.335 e. The minimum atomic E-state index is -1.07. The molecule has 0 aliphatic carbocycles. The van der Waals surface area contributed by atoms with Crippen LogP contribution in [0.25, 0.3) is 22.2 Å². The number of rotatable bonds is 4. The van der Waals surface area contributed by atoms with Crippen LogP contribution in [0.2, 0.25) is 0 Å². The van der Waals surface area contributed by atoms with E-state index in [0.717, 1.165) is 16.7 Å². The summed E-state index contributed by atoms with van der Waals surface area (Å²) in [6.45, 7) is 4.39. The molecule has 1 aliphatic heterocycles. The molecule has 0 amide bonds. The van der Waals surface area contributed by atoms with Gasteiger partial charge in [0.15, 0.2) is 0 Å². The number of aryl methyl sites for hydroxylation is 1. The molecule has 0 fully saturated rings. The van der Waals surface area contributed by atoms with Crippen LogP contribution in [-0.4, -0.2) is 42.2 Å². The van der Waals surface area contributed by atoms with Crippen LogP contribution in [0.3, 0.4) is 0 Å². The van der Waals surface area contributed by atoms with Crippen molar-refractivity contribution in [1.82, 2.24) is 19.5 Å². The van der Waals surface area contributed by atoms with Gasteiger partial charge >= 0.3 is 5.97 Å². The summed E-state index contributed by atoms with van der Waals surface area (Å²) in [7, 11) is 1.65. The number of anilines is 1. The van der Waals surface area contributed by atoms with Gasteiger partial charge < -0.3 is 19.7 Å². The van der Waals surface area contributed by atoms with E-state index in [1.54, 1.807) is 51.4 Å². The number of benzene rings is 1. The van der Waals surface area contributed by atoms with E-state index < -0.39 is 11.6 Å². The molecule has 3 aromatic heterocycles. The van der Waals surface area contributed by atoms with Crippen molar-refractivity contribution in [3.8, 4) is 11.3 Å². The van der Waals surface area contributed by atoms with Crippen LogP contribution in [0.1, 0.15) is 41.0 Å². The van der Waals surface area contributed by atoms with Gasteiger partial charge in [0.2, 0.25) is 0 Å². The fraction of sp³-hybridized carbons (Fsp3) is 0.269. The second kappa shape index (κ2) is 8.28. The summed E-state index contributed by atoms with van der Waals surface area (Å²) in [6, 6.07) is 10.5. The first-order chi connectivity index (χ1) is 16.6. The summed E-state index contributed by atoms with van der Waals surface area (Å²) in [5, 5.41) is 20.1. The van der Waals surface area contributed by atoms with Crippen LogP contribution >= 0.6 is 0 Å². The van der Waals surface area contributed by atoms with Gasteiger partial charge in [0.1, 0.15) is 16.8 Å². The molecule has 1 aromatic carbocycles. The zero-order valence-electron chi connectivity index (χ0n) is 19.7. The van der Waals surface area contributed by atoms with E-state index in [4.69, 9.17) is 4.98 Å². The van der Waals surface area contributed by atoms with Gasteiger partial charge in [-0.25, -0.2) is 14.8 Å². The molecule has 1 aliphatic rings. The van der Waals surface area contributed by atoms with Crippen molar-refractivity contribution in [2.24, 2.45) is 7.05 Å². The lowest BCUT2D eigenvalue weighted by Crippen LogP contribution is -2.33. The molecule has 0 saturated carbocycles. The van der Waals surface area contributed by atoms with Crippen molar-refractivity contribution in [3.05, 3.63) is 81.7 Å². The Morgan fingerprint density at radius 1 is 1.09 bits per heavy atom. The number of nitrogens with zero attached hydrogens (tertiary/aromatic N) is 5. The van der Waals surface area contributed by atoms with Crippen LogP contribution in [0.15, 0.2) is 53.7 Å². The maximum atomic E-state index is 13.1. The molecular formula is C26H25N5O4. The van der Waals surface area contributed by atoms with E-state index in [0.29, 0.717) is 47.6 Å². The number of aromatic carboxylic acids is 1. The third-order valence-electron chi connectivity index (χ3n) is 6.33. The normalized spacial score (nSPS) is 13.7. The summed E-state index contributed by atoms with van der Waals surface area (Å²) in [5.74, 6) is -0.472. The highest BCUT2D eigenvalue weighted by Gasteiger charge is 2.24. The minimum Gasteiger partial charge on any atom is -0.478 e. The van der Waals surface area contributed by atoms with E-state index >= 15 is 0 Å². The van der Waals surface area contributed by atoms with Gasteiger partial charge in [-0.2, -0.15) is 0 Å². The first kappa shape index (κ1) is 22.7. The molecule has 5 rings (SSSR count). The predicted octanol–water partition coefficient (Wildman–Crippen LogP) is 2.88. The second-order valence-electron chi connectivity index (χ2n) is 9.34. The lowest BCUT2D eigenvalue weighted by molar-refractivity contribution is 0.0695. The Labute approximate surface area is 201 Å². The summed E-state index contributed by atoms with van der Waals surface area (Å²) in [4.78, 5) is 40.3. The van der Waals surface area contributed by atoms with Crippen molar-refractivity contribution >= 4 is 22.7 Å². The Hall–Kier alpha value is -4.11. The van der Waals surface area contributed by atoms with Gasteiger partial charge in [-0.3, -0.25) is 9.78 Å². The van der Waals surface area contributed by atoms with Gasteiger partial charge in [0, 0.05) is 31.9 Å². The summed E-state index contributed by atoms with van der Waals surface area (Å²) in [5.41, 5.74) is 3.34. The molecule has 178 valence electrons. The van der Waals surface area contributed by atoms with Crippen molar-refractivity contribution in [2.75, 3.05) is 11.4 Å². The van der Waals surface area contributed by atoms with Crippen LogP contribution in [0.4, 0.5) is 5.82 Å². The number of aromatic nitrogens is 4. The number of aliphatic hydroxyl groups is 1. The molecule has 0 radical (unpaired) electrons. The average molecular weight is 472 g/mol. The molecule has 9 heteroatoms. The van der Waals surface area contributed by atoms with E-state index in [1.807, 2.05) is 17.0 Å². The zero-order chi connectivity index (χ0) is 24.9. The third kappa shape index (κ3) is 4.15. The predicted molar refractivity (Wildman–Crippen MR) is 131 cm³/mol. The van der Waals surface area contributed by atoms with Gasteiger partial charge in [-0.1, -0.05) is 6.07 Å². The van der Waals surface area contributed by atoms with Crippen molar-refractivity contribution in [2.45, 2.75) is 32.4 Å². The van der Waals surface area contributed by atoms with Gasteiger partial charge in [0.25, 0.3) is 5.56 Å². The van der Waals surface area contributed by atoms with E-state index in [1.165, 1.54) is 10.9 Å². The van der Waals surface area contributed by atoms with Crippen LogP contribution in [0, 0.1) is 0 Å². The number of carboxylic acid groups (broad SMARTS) is 1. The number of carbonyl (C=O) groups is 1. The van der Waals surface area contributed by atoms with Gasteiger partial charge in [-0.05, 0) is 61.7 Å². The number of carboxylic acids is 1. The number of fused-ring (bicyclic) bond motifs is 2. The number of pyridine rings is 2. The maximum absolute atomic E-state index is 13.1. The van der Waals surface area contributed by atoms with Gasteiger partial charge in [-0.15, -0.1) is 0 Å². The summed E-state index contributed by atoms with van der Waals surface area (Å²) < 4.78 is 1.42. The topological polar surface area (TPSA) is 121 Å². The highest BCUT2D eigenvalue weighted by atomic mass is 16.4. The number of hydrogen-bond donors (Lipinski definition) is 2. The molecule has 0 unspecified atom stereocenters. The van der Waals surface area contributed by atoms with Crippen LogP contribution < -0.4 is 10.5 Å². The molecule has 0 bridgehead atoms. The highest BCUT2D eigenvalue weighted by molar-refractivity contribution is 5.92. The fourth-order valence-electron chi connectivity index (χ4n) is 4.36. The molecule has 0 saturated heterocycles. The third-order valence-corrected chi connectivity index (χ3v) is 6.33. The highest BCUT2D eigenvalue weighted by Crippen LogP contribution is 2.31. The first-order valence-electron chi connectivity index (χ1n) is 11.3. The molecule has 0 atom stereocenters. The monoisotopic (exact) mass is 471 g/mol. The SMILES string of the molecule is Cn1cnc2cc(-c3ccc(C(C)(C)O)nc3)nc(N3CCc4ccc(C(=O)O)cc4C3)c2c1=O. The number of hydrogen-bond acceptors (Lipinski definition) is 7. The first-order valence-corrected chi connectivity index (χ1v) is 11.3. The van der Waals surface area contributed by atoms with E-state index in [2.05, 4.69) is 9.97 Å². The Kier molecular flexibility index (Phi) is 5.36. The quantitative estimate of drug-likeness (QED) is 0.466. The van der Waals surface area contributed by atoms with Crippen LogP contribution in [0.5, 0.6) is 0 Å². The van der Waals surface area contributed by atoms with E-state index in [-0.39, 0.29) is 11.1 Å². The molecule has 0 spiro atoms. The molecule has 4 heterocycles. The largest absolute Gasteiger partial charge is 0.478 e. The lowest BCUT2D eigenvalue weighted by Gasteiger charge is -2.31. The molecular weight excluding hydrogens is 446 g/mol. The minimum absolute atomic E-state index is 0.204. The molecule has 4 aromatic rings. The molecule has 2 N–H and O–H groups in total. The Morgan fingerprint density at radius 2 is 1.89 bits per heavy atom. The Bertz CT molecular complexity index is 1520. The second-order valence-corrected chi connectivity index (χ2v) is 9.34. The fourth-order valence-corrected chi connectivity index (χ4v) is 4.36. The van der Waals surface area contributed by atoms with E-state index in [9.17, 15) is 19.8 Å². The van der Waals surface area contributed by atoms with Crippen molar-refractivity contribution < 1.29 is 15.0 Å². The average Bonchev–Trinajstić information content (AvgIpc) is 2.84. The van der Waals surface area contributed by atoms with Crippen molar-refractivity contribution in [1.29, 1.82) is 0 Å². The maximum Gasteiger partial charge on any atom is 0.335 e. The Balaban J connectivity index is 1.64.